The molecule has 0 heterocycles. The Bertz CT molecular complexity index is 2020. The summed E-state index contributed by atoms with van der Waals surface area (Å²) in [6.45, 7) is 0. The third-order valence-electron chi connectivity index (χ3n) is 8.11. The molecule has 8 rings (SSSR count). The first-order valence-electron chi connectivity index (χ1n) is 12.8. The normalized spacial score (nSPS) is 14.2. The zero-order valence-electron chi connectivity index (χ0n) is 20.2. The molecule has 0 radical (unpaired) electrons. The molecule has 1 aliphatic rings. The lowest BCUT2D eigenvalue weighted by atomic mass is 9.94. The van der Waals surface area contributed by atoms with E-state index in [1.807, 2.05) is 30.3 Å². The van der Waals surface area contributed by atoms with Crippen LogP contribution in [-0.2, 0) is 11.0 Å². The van der Waals surface area contributed by atoms with Gasteiger partial charge in [-0.1, -0.05) is 115 Å². The third kappa shape index (κ3) is 2.90. The summed E-state index contributed by atoms with van der Waals surface area (Å²) in [4.78, 5) is 0. The largest absolute Gasteiger partial charge is 0.309 e. The van der Waals surface area contributed by atoms with Crippen molar-refractivity contribution in [3.63, 3.8) is 0 Å². The van der Waals surface area contributed by atoms with Gasteiger partial charge in [-0.15, -0.1) is 0 Å². The van der Waals surface area contributed by atoms with Crippen LogP contribution in [0.4, 0.5) is 0 Å². The van der Waals surface area contributed by atoms with Gasteiger partial charge in [-0.3, -0.25) is 0 Å². The maximum atomic E-state index is 15.7. The zero-order valence-corrected chi connectivity index (χ0v) is 21.1. The Morgan fingerprint density at radius 3 is 2.00 bits per heavy atom. The second kappa shape index (κ2) is 7.65. The summed E-state index contributed by atoms with van der Waals surface area (Å²) in [6, 6.07) is 44.6. The fourth-order valence-electron chi connectivity index (χ4n) is 6.37. The molecule has 0 aromatic heterocycles. The molecule has 1 unspecified atom stereocenters. The summed E-state index contributed by atoms with van der Waals surface area (Å²) >= 11 is 0. The van der Waals surface area contributed by atoms with E-state index in [1.54, 1.807) is 0 Å². The predicted octanol–water partition coefficient (Wildman–Crippen LogP) is 7.79. The van der Waals surface area contributed by atoms with Gasteiger partial charge in [0.15, 0.2) is 7.14 Å². The second-order valence-electron chi connectivity index (χ2n) is 10.1. The standard InChI is InChI=1S/C35H23OP/c36-37(28-10-2-1-3-11-28,29-18-15-27-21-26-7-4-5-12-30(26)32(27)22-29)33-20-17-25-14-13-23-8-6-9-24-16-19-31(33)35(25)34(23)24/h1-20,22H,21H2. The molecule has 7 aromatic carbocycles. The molecule has 37 heavy (non-hydrogen) atoms. The average Bonchev–Trinajstić information content (AvgIpc) is 3.34. The molecule has 2 heteroatoms. The van der Waals surface area contributed by atoms with E-state index in [1.165, 1.54) is 49.2 Å². The molecule has 0 aliphatic heterocycles. The maximum absolute atomic E-state index is 15.7. The molecule has 0 amide bonds. The first-order valence-corrected chi connectivity index (χ1v) is 14.5. The van der Waals surface area contributed by atoms with Crippen molar-refractivity contribution in [2.24, 2.45) is 0 Å². The summed E-state index contributed by atoms with van der Waals surface area (Å²) in [7, 11) is -3.18. The summed E-state index contributed by atoms with van der Waals surface area (Å²) < 4.78 is 15.7. The smallest absolute Gasteiger partial charge is 0.171 e. The first-order chi connectivity index (χ1) is 18.2. The Kier molecular flexibility index (Phi) is 4.33. The molecule has 1 nitrogen and oxygen atoms in total. The van der Waals surface area contributed by atoms with E-state index in [-0.39, 0.29) is 0 Å². The minimum Gasteiger partial charge on any atom is -0.309 e. The fourth-order valence-corrected chi connectivity index (χ4v) is 9.22. The van der Waals surface area contributed by atoms with Crippen LogP contribution >= 0.6 is 7.14 Å². The van der Waals surface area contributed by atoms with Crippen LogP contribution < -0.4 is 15.9 Å². The van der Waals surface area contributed by atoms with E-state index >= 15 is 4.57 Å². The van der Waals surface area contributed by atoms with Crippen LogP contribution in [-0.4, -0.2) is 0 Å². The van der Waals surface area contributed by atoms with Gasteiger partial charge >= 0.3 is 0 Å². The van der Waals surface area contributed by atoms with Crippen LogP contribution in [0.5, 0.6) is 0 Å². The highest BCUT2D eigenvalue weighted by Gasteiger charge is 2.33. The monoisotopic (exact) mass is 490 g/mol. The molecule has 0 saturated carbocycles. The minimum absolute atomic E-state index is 0.872. The Hall–Kier alpha value is -4.19. The minimum atomic E-state index is -3.18. The SMILES string of the molecule is O=P(c1ccccc1)(c1ccc2c(c1)-c1ccccc1C2)c1ccc2ccc3cccc4ccc1c2c34. The van der Waals surface area contributed by atoms with Gasteiger partial charge in [0.2, 0.25) is 0 Å². The lowest BCUT2D eigenvalue weighted by molar-refractivity contribution is 0.592. The van der Waals surface area contributed by atoms with Gasteiger partial charge in [0, 0.05) is 15.9 Å². The number of rotatable bonds is 3. The summed E-state index contributed by atoms with van der Waals surface area (Å²) in [6.07, 6.45) is 0.931. The molecule has 0 fully saturated rings. The van der Waals surface area contributed by atoms with Crippen molar-refractivity contribution < 1.29 is 4.57 Å². The number of fused-ring (bicyclic) bond motifs is 3. The molecule has 0 saturated heterocycles. The zero-order chi connectivity index (χ0) is 24.6. The van der Waals surface area contributed by atoms with Crippen molar-refractivity contribution in [1.82, 2.24) is 0 Å². The predicted molar refractivity (Wildman–Crippen MR) is 158 cm³/mol. The highest BCUT2D eigenvalue weighted by atomic mass is 31.2. The molecule has 7 aromatic rings. The number of benzene rings is 7. The molecule has 0 bridgehead atoms. The molecular weight excluding hydrogens is 467 g/mol. The van der Waals surface area contributed by atoms with E-state index in [4.69, 9.17) is 0 Å². The molecular formula is C35H23OP. The van der Waals surface area contributed by atoms with Crippen LogP contribution in [0.1, 0.15) is 11.1 Å². The summed E-state index contributed by atoms with van der Waals surface area (Å²) in [5.74, 6) is 0. The molecule has 0 spiro atoms. The molecule has 0 N–H and O–H groups in total. The topological polar surface area (TPSA) is 17.1 Å². The van der Waals surface area contributed by atoms with Crippen molar-refractivity contribution in [1.29, 1.82) is 0 Å². The number of hydrogen-bond acceptors (Lipinski definition) is 1. The van der Waals surface area contributed by atoms with Crippen LogP contribution in [0.2, 0.25) is 0 Å². The van der Waals surface area contributed by atoms with Gasteiger partial charge in [-0.25, -0.2) is 0 Å². The summed E-state index contributed by atoms with van der Waals surface area (Å²) in [5.41, 5.74) is 5.11. The van der Waals surface area contributed by atoms with Crippen LogP contribution in [0, 0.1) is 0 Å². The third-order valence-corrected chi connectivity index (χ3v) is 11.2. The lowest BCUT2D eigenvalue weighted by Crippen LogP contribution is -2.26. The van der Waals surface area contributed by atoms with Crippen molar-refractivity contribution in [3.8, 4) is 11.1 Å². The van der Waals surface area contributed by atoms with Crippen molar-refractivity contribution in [2.45, 2.75) is 6.42 Å². The van der Waals surface area contributed by atoms with Crippen LogP contribution in [0.3, 0.4) is 0 Å². The van der Waals surface area contributed by atoms with Gasteiger partial charge in [0.05, 0.1) is 0 Å². The molecule has 1 aliphatic carbocycles. The quantitative estimate of drug-likeness (QED) is 0.182. The lowest BCUT2D eigenvalue weighted by Gasteiger charge is -2.23. The fraction of sp³-hybridized carbons (Fsp3) is 0.0286. The number of hydrogen-bond donors (Lipinski definition) is 0. The summed E-state index contributed by atoms with van der Waals surface area (Å²) in [5, 5.41) is 9.84. The van der Waals surface area contributed by atoms with Gasteiger partial charge < -0.3 is 4.57 Å². The van der Waals surface area contributed by atoms with Crippen molar-refractivity contribution in [2.75, 3.05) is 0 Å². The Labute approximate surface area is 215 Å². The first kappa shape index (κ1) is 20.9. The Balaban J connectivity index is 1.47. The van der Waals surface area contributed by atoms with E-state index in [9.17, 15) is 0 Å². The van der Waals surface area contributed by atoms with Gasteiger partial charge in [-0.2, -0.15) is 0 Å². The van der Waals surface area contributed by atoms with Gasteiger partial charge in [-0.05, 0) is 73.1 Å². The Morgan fingerprint density at radius 1 is 0.486 bits per heavy atom. The maximum Gasteiger partial charge on any atom is 0.171 e. The highest BCUT2D eigenvalue weighted by molar-refractivity contribution is 7.85. The van der Waals surface area contributed by atoms with Gasteiger partial charge in [0.25, 0.3) is 0 Å². The van der Waals surface area contributed by atoms with E-state index < -0.39 is 7.14 Å². The average molecular weight is 491 g/mol. The van der Waals surface area contributed by atoms with Crippen LogP contribution in [0.15, 0.2) is 127 Å². The van der Waals surface area contributed by atoms with Crippen molar-refractivity contribution in [3.05, 3.63) is 139 Å². The van der Waals surface area contributed by atoms with E-state index in [0.717, 1.165) is 27.7 Å². The molecule has 174 valence electrons. The Morgan fingerprint density at radius 2 is 1.16 bits per heavy atom. The van der Waals surface area contributed by atoms with E-state index in [0.29, 0.717) is 0 Å². The highest BCUT2D eigenvalue weighted by Crippen LogP contribution is 2.48. The van der Waals surface area contributed by atoms with Crippen LogP contribution in [0.25, 0.3) is 43.4 Å². The van der Waals surface area contributed by atoms with Gasteiger partial charge in [0.1, 0.15) is 0 Å². The van der Waals surface area contributed by atoms with Crippen molar-refractivity contribution >= 4 is 55.4 Å². The second-order valence-corrected chi connectivity index (χ2v) is 12.8. The molecule has 1 atom stereocenters. The van der Waals surface area contributed by atoms with E-state index in [2.05, 4.69) is 97.1 Å².